The third kappa shape index (κ3) is 4.05. The summed E-state index contributed by atoms with van der Waals surface area (Å²) in [5.74, 6) is 1.77. The Balaban J connectivity index is 1.30. The van der Waals surface area contributed by atoms with E-state index in [4.69, 9.17) is 4.74 Å². The van der Waals surface area contributed by atoms with Crippen molar-refractivity contribution in [1.29, 1.82) is 0 Å². The lowest BCUT2D eigenvalue weighted by molar-refractivity contribution is 0.153. The monoisotopic (exact) mass is 419 g/mol. The van der Waals surface area contributed by atoms with Gasteiger partial charge in [0, 0.05) is 31.2 Å². The maximum Gasteiger partial charge on any atom is 0.263 e. The zero-order valence-corrected chi connectivity index (χ0v) is 17.0. The Kier molecular flexibility index (Phi) is 5.17. The van der Waals surface area contributed by atoms with Gasteiger partial charge in [-0.3, -0.25) is 0 Å². The van der Waals surface area contributed by atoms with Crippen molar-refractivity contribution in [2.45, 2.75) is 18.9 Å². The lowest BCUT2D eigenvalue weighted by Crippen LogP contribution is -2.38. The molecular formula is C22H21N5O2S. The van der Waals surface area contributed by atoms with Crippen molar-refractivity contribution in [1.82, 2.24) is 15.0 Å². The number of aliphatic hydroxyl groups is 1. The molecule has 5 rings (SSSR count). The van der Waals surface area contributed by atoms with Gasteiger partial charge in [0.1, 0.15) is 5.75 Å². The van der Waals surface area contributed by atoms with Crippen molar-refractivity contribution in [3.8, 4) is 11.6 Å². The SMILES string of the molecule is OC1CCCN(c2nccnc2Oc2ccc(Nc3nc4ccccc4s3)cc2)C1. The van der Waals surface area contributed by atoms with Crippen molar-refractivity contribution >= 4 is 38.2 Å². The van der Waals surface area contributed by atoms with E-state index in [1.165, 1.54) is 0 Å². The normalized spacial score (nSPS) is 16.6. The molecule has 3 heterocycles. The molecule has 7 nitrogen and oxygen atoms in total. The number of fused-ring (bicyclic) bond motifs is 1. The highest BCUT2D eigenvalue weighted by Crippen LogP contribution is 2.32. The summed E-state index contributed by atoms with van der Waals surface area (Å²) < 4.78 is 7.16. The summed E-state index contributed by atoms with van der Waals surface area (Å²) in [6, 6.07) is 15.7. The van der Waals surface area contributed by atoms with E-state index in [1.807, 2.05) is 47.4 Å². The van der Waals surface area contributed by atoms with Gasteiger partial charge >= 0.3 is 0 Å². The lowest BCUT2D eigenvalue weighted by Gasteiger charge is -2.31. The number of rotatable bonds is 5. The van der Waals surface area contributed by atoms with E-state index >= 15 is 0 Å². The second kappa shape index (κ2) is 8.25. The summed E-state index contributed by atoms with van der Waals surface area (Å²) in [5.41, 5.74) is 1.92. The first-order chi connectivity index (χ1) is 14.7. The van der Waals surface area contributed by atoms with Gasteiger partial charge in [0.15, 0.2) is 10.9 Å². The van der Waals surface area contributed by atoms with Crippen LogP contribution in [0, 0.1) is 0 Å². The van der Waals surface area contributed by atoms with E-state index in [1.54, 1.807) is 23.7 Å². The molecule has 0 amide bonds. The molecule has 8 heteroatoms. The zero-order chi connectivity index (χ0) is 20.3. The van der Waals surface area contributed by atoms with Gasteiger partial charge in [-0.2, -0.15) is 0 Å². The van der Waals surface area contributed by atoms with Crippen LogP contribution in [0.25, 0.3) is 10.2 Å². The van der Waals surface area contributed by atoms with E-state index < -0.39 is 0 Å². The number of aromatic nitrogens is 3. The number of aliphatic hydroxyl groups excluding tert-OH is 1. The van der Waals surface area contributed by atoms with E-state index in [0.29, 0.717) is 24.0 Å². The Hall–Kier alpha value is -3.23. The molecule has 0 spiro atoms. The number of hydrogen-bond donors (Lipinski definition) is 2. The molecule has 0 radical (unpaired) electrons. The van der Waals surface area contributed by atoms with Gasteiger partial charge < -0.3 is 20.1 Å². The van der Waals surface area contributed by atoms with Crippen LogP contribution in [0.15, 0.2) is 60.9 Å². The van der Waals surface area contributed by atoms with Crippen LogP contribution in [0.5, 0.6) is 11.6 Å². The van der Waals surface area contributed by atoms with Crippen molar-refractivity contribution in [3.63, 3.8) is 0 Å². The second-order valence-corrected chi connectivity index (χ2v) is 8.20. The summed E-state index contributed by atoms with van der Waals surface area (Å²) in [4.78, 5) is 15.4. The maximum absolute atomic E-state index is 9.98. The number of β-amino-alcohol motifs (C(OH)–C–C–N with tert-alkyl or cyclic N) is 1. The van der Waals surface area contributed by atoms with Crippen LogP contribution >= 0.6 is 11.3 Å². The molecule has 0 aliphatic carbocycles. The first-order valence-corrected chi connectivity index (χ1v) is 10.7. The topological polar surface area (TPSA) is 83.4 Å². The minimum absolute atomic E-state index is 0.346. The second-order valence-electron chi connectivity index (χ2n) is 7.17. The average Bonchev–Trinajstić information content (AvgIpc) is 3.18. The van der Waals surface area contributed by atoms with Crippen LogP contribution in [0.3, 0.4) is 0 Å². The number of hydrogen-bond acceptors (Lipinski definition) is 8. The fourth-order valence-corrected chi connectivity index (χ4v) is 4.41. The van der Waals surface area contributed by atoms with Gasteiger partial charge in [-0.05, 0) is 49.2 Å². The van der Waals surface area contributed by atoms with Gasteiger partial charge in [0.05, 0.1) is 16.3 Å². The number of benzene rings is 2. The van der Waals surface area contributed by atoms with Crippen molar-refractivity contribution in [2.75, 3.05) is 23.3 Å². The van der Waals surface area contributed by atoms with Crippen LogP contribution in [-0.2, 0) is 0 Å². The number of ether oxygens (including phenoxy) is 1. The Labute approximate surface area is 178 Å². The number of thiazole rings is 1. The fourth-order valence-electron chi connectivity index (χ4n) is 3.52. The number of piperidine rings is 1. The molecule has 30 heavy (non-hydrogen) atoms. The molecule has 1 aliphatic heterocycles. The average molecular weight is 420 g/mol. The third-order valence-corrected chi connectivity index (χ3v) is 5.91. The van der Waals surface area contributed by atoms with Crippen molar-refractivity contribution in [2.24, 2.45) is 0 Å². The maximum atomic E-state index is 9.98. The summed E-state index contributed by atoms with van der Waals surface area (Å²) >= 11 is 1.62. The van der Waals surface area contributed by atoms with Crippen molar-refractivity contribution in [3.05, 3.63) is 60.9 Å². The van der Waals surface area contributed by atoms with E-state index in [9.17, 15) is 5.11 Å². The molecule has 1 unspecified atom stereocenters. The Morgan fingerprint density at radius 3 is 2.73 bits per heavy atom. The highest BCUT2D eigenvalue weighted by atomic mass is 32.1. The zero-order valence-electron chi connectivity index (χ0n) is 16.2. The summed E-state index contributed by atoms with van der Waals surface area (Å²) in [6.45, 7) is 1.37. The van der Waals surface area contributed by atoms with Crippen LogP contribution < -0.4 is 15.0 Å². The molecule has 2 aromatic heterocycles. The Morgan fingerprint density at radius 1 is 1.07 bits per heavy atom. The Bertz CT molecular complexity index is 1110. The highest BCUT2D eigenvalue weighted by Gasteiger charge is 2.22. The number of para-hydroxylation sites is 1. The molecule has 1 fully saturated rings. The largest absolute Gasteiger partial charge is 0.436 e. The van der Waals surface area contributed by atoms with Crippen LogP contribution in [0.4, 0.5) is 16.6 Å². The number of anilines is 3. The molecule has 1 saturated heterocycles. The minimum Gasteiger partial charge on any atom is -0.436 e. The van der Waals surface area contributed by atoms with Gasteiger partial charge in [-0.15, -0.1) is 0 Å². The van der Waals surface area contributed by atoms with Crippen molar-refractivity contribution < 1.29 is 9.84 Å². The third-order valence-electron chi connectivity index (χ3n) is 4.96. The lowest BCUT2D eigenvalue weighted by atomic mass is 10.1. The van der Waals surface area contributed by atoms with Crippen LogP contribution in [-0.4, -0.2) is 39.3 Å². The number of nitrogens with zero attached hydrogens (tertiary/aromatic N) is 4. The molecule has 0 bridgehead atoms. The standard InChI is InChI=1S/C22H21N5O2S/c28-16-4-3-13-27(14-16)20-21(24-12-11-23-20)29-17-9-7-15(8-10-17)25-22-26-18-5-1-2-6-19(18)30-22/h1-2,5-12,16,28H,3-4,13-14H2,(H,25,26). The first kappa shape index (κ1) is 18.8. The van der Waals surface area contributed by atoms with Gasteiger partial charge in [-0.1, -0.05) is 23.5 Å². The van der Waals surface area contributed by atoms with E-state index in [0.717, 1.165) is 40.4 Å². The quantitative estimate of drug-likeness (QED) is 0.490. The van der Waals surface area contributed by atoms with E-state index in [2.05, 4.69) is 26.3 Å². The van der Waals surface area contributed by atoms with Crippen LogP contribution in [0.2, 0.25) is 0 Å². The summed E-state index contributed by atoms with van der Waals surface area (Å²) in [7, 11) is 0. The minimum atomic E-state index is -0.346. The fraction of sp³-hybridized carbons (Fsp3) is 0.227. The molecular weight excluding hydrogens is 398 g/mol. The van der Waals surface area contributed by atoms with Gasteiger partial charge in [0.2, 0.25) is 0 Å². The predicted molar refractivity (Wildman–Crippen MR) is 119 cm³/mol. The summed E-state index contributed by atoms with van der Waals surface area (Å²) in [6.07, 6.45) is 4.65. The molecule has 4 aromatic rings. The van der Waals surface area contributed by atoms with Crippen LogP contribution in [0.1, 0.15) is 12.8 Å². The molecule has 152 valence electrons. The Morgan fingerprint density at radius 2 is 1.90 bits per heavy atom. The smallest absolute Gasteiger partial charge is 0.263 e. The molecule has 0 saturated carbocycles. The molecule has 2 aromatic carbocycles. The van der Waals surface area contributed by atoms with E-state index in [-0.39, 0.29) is 6.10 Å². The highest BCUT2D eigenvalue weighted by molar-refractivity contribution is 7.22. The first-order valence-electron chi connectivity index (χ1n) is 9.89. The molecule has 1 aliphatic rings. The number of nitrogens with one attached hydrogen (secondary N) is 1. The predicted octanol–water partition coefficient (Wildman–Crippen LogP) is 4.58. The van der Waals surface area contributed by atoms with Gasteiger partial charge in [0.25, 0.3) is 5.88 Å². The van der Waals surface area contributed by atoms with Gasteiger partial charge in [-0.25, -0.2) is 15.0 Å². The summed E-state index contributed by atoms with van der Waals surface area (Å²) in [5, 5.41) is 14.2. The molecule has 1 atom stereocenters. The molecule has 2 N–H and O–H groups in total.